The summed E-state index contributed by atoms with van der Waals surface area (Å²) in [5.41, 5.74) is 8.63. The Morgan fingerprint density at radius 1 is 0.914 bits per heavy atom. The second-order valence-corrected chi connectivity index (χ2v) is 9.12. The predicted molar refractivity (Wildman–Crippen MR) is 134 cm³/mol. The lowest BCUT2D eigenvalue weighted by molar-refractivity contribution is 0.0712. The fourth-order valence-electron chi connectivity index (χ4n) is 4.75. The molecule has 0 aliphatic carbocycles. The highest BCUT2D eigenvalue weighted by atomic mass is 16.2. The van der Waals surface area contributed by atoms with E-state index in [2.05, 4.69) is 37.5 Å². The molecule has 5 rings (SSSR count). The third kappa shape index (κ3) is 5.24. The number of hydrogen-bond donors (Lipinski definition) is 2. The Hall–Kier alpha value is -4.01. The number of nitrogens with two attached hydrogens (primary N) is 1. The summed E-state index contributed by atoms with van der Waals surface area (Å²) in [5.74, 6) is 1.08. The average molecular weight is 472 g/mol. The molecule has 2 aliphatic rings. The van der Waals surface area contributed by atoms with Gasteiger partial charge in [0.1, 0.15) is 5.82 Å². The molecule has 0 atom stereocenters. The van der Waals surface area contributed by atoms with Crippen LogP contribution in [-0.2, 0) is 0 Å². The van der Waals surface area contributed by atoms with Gasteiger partial charge in [-0.1, -0.05) is 12.1 Å². The molecule has 2 aromatic heterocycles. The number of rotatable bonds is 5. The van der Waals surface area contributed by atoms with Crippen LogP contribution in [0.5, 0.6) is 0 Å². The van der Waals surface area contributed by atoms with Crippen LogP contribution in [0.2, 0.25) is 0 Å². The van der Waals surface area contributed by atoms with Gasteiger partial charge in [0.05, 0.1) is 17.3 Å². The zero-order valence-corrected chi connectivity index (χ0v) is 19.6. The standard InChI is InChI=1S/C26H29N7O2/c27-22-6-3-18(4-7-22)19-9-13-33(14-10-19)26(35)21-15-23(31-29-17-21)30-25(34)20-5-8-24(28-16-20)32-11-1-2-12-32/h3-8,15-17,19H,1-2,9-14,27H2,(H,30,31,34). The molecule has 9 heteroatoms. The van der Waals surface area contributed by atoms with Crippen molar-refractivity contribution in [1.82, 2.24) is 20.1 Å². The quantitative estimate of drug-likeness (QED) is 0.548. The number of anilines is 3. The Balaban J connectivity index is 1.19. The lowest BCUT2D eigenvalue weighted by Crippen LogP contribution is -2.38. The first-order chi connectivity index (χ1) is 17.1. The van der Waals surface area contributed by atoms with Crippen LogP contribution in [-0.4, -0.2) is 58.1 Å². The number of nitrogen functional groups attached to an aromatic ring is 1. The predicted octanol–water partition coefficient (Wildman–Crippen LogP) is 3.33. The molecule has 0 radical (unpaired) electrons. The minimum atomic E-state index is -0.339. The maximum absolute atomic E-state index is 13.1. The smallest absolute Gasteiger partial charge is 0.258 e. The molecule has 2 saturated heterocycles. The van der Waals surface area contributed by atoms with E-state index in [1.54, 1.807) is 18.3 Å². The monoisotopic (exact) mass is 471 g/mol. The molecule has 1 aromatic carbocycles. The SMILES string of the molecule is Nc1ccc(C2CCN(C(=O)c3cnnc(NC(=O)c4ccc(N5CCCC5)nc4)c3)CC2)cc1. The molecule has 9 nitrogen and oxygen atoms in total. The number of carbonyl (C=O) groups is 2. The van der Waals surface area contributed by atoms with Crippen molar-refractivity contribution in [3.63, 3.8) is 0 Å². The fraction of sp³-hybridized carbons (Fsp3) is 0.346. The van der Waals surface area contributed by atoms with Crippen molar-refractivity contribution >= 4 is 29.1 Å². The van der Waals surface area contributed by atoms with Crippen LogP contribution in [0.4, 0.5) is 17.3 Å². The fourth-order valence-corrected chi connectivity index (χ4v) is 4.75. The zero-order chi connectivity index (χ0) is 24.2. The number of pyridine rings is 1. The van der Waals surface area contributed by atoms with Crippen molar-refractivity contribution in [2.45, 2.75) is 31.6 Å². The summed E-state index contributed by atoms with van der Waals surface area (Å²) >= 11 is 0. The molecule has 0 unspecified atom stereocenters. The Morgan fingerprint density at radius 2 is 1.66 bits per heavy atom. The summed E-state index contributed by atoms with van der Waals surface area (Å²) in [6.07, 6.45) is 7.11. The maximum Gasteiger partial charge on any atom is 0.258 e. The van der Waals surface area contributed by atoms with Gasteiger partial charge in [0.25, 0.3) is 11.8 Å². The van der Waals surface area contributed by atoms with E-state index >= 15 is 0 Å². The zero-order valence-electron chi connectivity index (χ0n) is 19.6. The van der Waals surface area contributed by atoms with Gasteiger partial charge in [-0.15, -0.1) is 5.10 Å². The molecule has 0 saturated carbocycles. The second-order valence-electron chi connectivity index (χ2n) is 9.12. The lowest BCUT2D eigenvalue weighted by atomic mass is 9.89. The number of likely N-dealkylation sites (tertiary alicyclic amines) is 1. The number of piperidine rings is 1. The molecule has 35 heavy (non-hydrogen) atoms. The van der Waals surface area contributed by atoms with Gasteiger partial charge in [0.2, 0.25) is 0 Å². The van der Waals surface area contributed by atoms with Crippen molar-refractivity contribution in [2.75, 3.05) is 42.1 Å². The maximum atomic E-state index is 13.1. The van der Waals surface area contributed by atoms with Gasteiger partial charge >= 0.3 is 0 Å². The van der Waals surface area contributed by atoms with Gasteiger partial charge in [0, 0.05) is 38.1 Å². The molecule has 3 aromatic rings. The van der Waals surface area contributed by atoms with Gasteiger partial charge in [-0.3, -0.25) is 9.59 Å². The highest BCUT2D eigenvalue weighted by molar-refractivity contribution is 6.04. The van der Waals surface area contributed by atoms with Gasteiger partial charge in [-0.25, -0.2) is 4.98 Å². The molecule has 3 N–H and O–H groups in total. The van der Waals surface area contributed by atoms with Gasteiger partial charge in [-0.05, 0) is 67.5 Å². The molecule has 2 aliphatic heterocycles. The van der Waals surface area contributed by atoms with Gasteiger partial charge in [-0.2, -0.15) is 5.10 Å². The molecule has 2 fully saturated rings. The summed E-state index contributed by atoms with van der Waals surface area (Å²) < 4.78 is 0. The summed E-state index contributed by atoms with van der Waals surface area (Å²) in [6.45, 7) is 3.31. The van der Waals surface area contributed by atoms with Crippen LogP contribution >= 0.6 is 0 Å². The van der Waals surface area contributed by atoms with E-state index < -0.39 is 0 Å². The molecule has 180 valence electrons. The van der Waals surface area contributed by atoms with Gasteiger partial charge in [0.15, 0.2) is 5.82 Å². The van der Waals surface area contributed by atoms with E-state index in [1.165, 1.54) is 11.8 Å². The Labute approximate surface area is 204 Å². The number of amides is 2. The van der Waals surface area contributed by atoms with E-state index in [0.717, 1.165) is 50.3 Å². The molecule has 0 bridgehead atoms. The van der Waals surface area contributed by atoms with Crippen molar-refractivity contribution in [3.05, 3.63) is 71.5 Å². The van der Waals surface area contributed by atoms with Crippen LogP contribution < -0.4 is 16.0 Å². The van der Waals surface area contributed by atoms with Crippen molar-refractivity contribution in [3.8, 4) is 0 Å². The number of nitrogens with one attached hydrogen (secondary N) is 1. The average Bonchev–Trinajstić information content (AvgIpc) is 3.44. The van der Waals surface area contributed by atoms with Crippen LogP contribution in [0.25, 0.3) is 0 Å². The second kappa shape index (κ2) is 10.1. The first kappa shape index (κ1) is 22.8. The number of aromatic nitrogens is 3. The largest absolute Gasteiger partial charge is 0.399 e. The number of hydrogen-bond acceptors (Lipinski definition) is 7. The van der Waals surface area contributed by atoms with E-state index in [4.69, 9.17) is 5.73 Å². The van der Waals surface area contributed by atoms with Crippen molar-refractivity contribution in [2.24, 2.45) is 0 Å². The van der Waals surface area contributed by atoms with Crippen LogP contribution in [0, 0.1) is 0 Å². The molecular weight excluding hydrogens is 442 g/mol. The van der Waals surface area contributed by atoms with Crippen LogP contribution in [0.3, 0.4) is 0 Å². The number of nitrogens with zero attached hydrogens (tertiary/aromatic N) is 5. The molecular formula is C26H29N7O2. The number of benzene rings is 1. The molecule has 0 spiro atoms. The first-order valence-corrected chi connectivity index (χ1v) is 12.1. The highest BCUT2D eigenvalue weighted by Gasteiger charge is 2.25. The Kier molecular flexibility index (Phi) is 6.56. The summed E-state index contributed by atoms with van der Waals surface area (Å²) in [7, 11) is 0. The Morgan fingerprint density at radius 3 is 2.34 bits per heavy atom. The summed E-state index contributed by atoms with van der Waals surface area (Å²) in [4.78, 5) is 34.2. The first-order valence-electron chi connectivity index (χ1n) is 12.1. The highest BCUT2D eigenvalue weighted by Crippen LogP contribution is 2.29. The molecule has 4 heterocycles. The topological polar surface area (TPSA) is 117 Å². The third-order valence-corrected chi connectivity index (χ3v) is 6.77. The molecule has 2 amide bonds. The van der Waals surface area contributed by atoms with E-state index in [1.807, 2.05) is 23.1 Å². The minimum Gasteiger partial charge on any atom is -0.399 e. The summed E-state index contributed by atoms with van der Waals surface area (Å²) in [5, 5.41) is 10.6. The normalized spacial score (nSPS) is 16.3. The van der Waals surface area contributed by atoms with Crippen molar-refractivity contribution < 1.29 is 9.59 Å². The minimum absolute atomic E-state index is 0.109. The van der Waals surface area contributed by atoms with E-state index in [-0.39, 0.29) is 17.6 Å². The van der Waals surface area contributed by atoms with Crippen LogP contribution in [0.15, 0.2) is 54.9 Å². The summed E-state index contributed by atoms with van der Waals surface area (Å²) in [6, 6.07) is 13.2. The van der Waals surface area contributed by atoms with E-state index in [9.17, 15) is 9.59 Å². The van der Waals surface area contributed by atoms with Crippen molar-refractivity contribution in [1.29, 1.82) is 0 Å². The third-order valence-electron chi connectivity index (χ3n) is 6.77. The van der Waals surface area contributed by atoms with Gasteiger partial charge < -0.3 is 20.9 Å². The van der Waals surface area contributed by atoms with Crippen LogP contribution in [0.1, 0.15) is 57.9 Å². The Bertz CT molecular complexity index is 1180. The van der Waals surface area contributed by atoms with E-state index in [0.29, 0.717) is 30.1 Å². The lowest BCUT2D eigenvalue weighted by Gasteiger charge is -2.32. The number of carbonyl (C=O) groups excluding carboxylic acids is 2.